The van der Waals surface area contributed by atoms with E-state index in [2.05, 4.69) is 18.0 Å². The Morgan fingerprint density at radius 2 is 2.12 bits per heavy atom. The molecule has 0 aromatic carbocycles. The Kier molecular flexibility index (Phi) is 0.848. The van der Waals surface area contributed by atoms with Gasteiger partial charge in [-0.1, -0.05) is 6.07 Å². The third-order valence-corrected chi connectivity index (χ3v) is 1.29. The van der Waals surface area contributed by atoms with Gasteiger partial charge in [0.15, 0.2) is 0 Å². The molecule has 1 heterocycles. The molecule has 8 heavy (non-hydrogen) atoms. The Balaban J connectivity index is 0.000000320. The summed E-state index contributed by atoms with van der Waals surface area (Å²) in [6, 6.07) is 4.14. The molecule has 2 rings (SSSR count). The highest BCUT2D eigenvalue weighted by Gasteiger charge is 2.16. The summed E-state index contributed by atoms with van der Waals surface area (Å²) in [5.74, 6) is 0. The first-order valence-corrected chi connectivity index (χ1v) is 2.36. The molecule has 0 aromatic heterocycles. The van der Waals surface area contributed by atoms with Crippen molar-refractivity contribution in [1.29, 1.82) is 0 Å². The zero-order chi connectivity index (χ0) is 4.85. The number of rotatable bonds is 0. The molecule has 1 aliphatic carbocycles. The third kappa shape index (κ3) is 0.434. The summed E-state index contributed by atoms with van der Waals surface area (Å²) < 4.78 is 0. The number of aromatic nitrogens is 1. The SMILES string of the molecule is Cc1ccc2nc1-2.N. The number of hydrogen-bond donors (Lipinski definition) is 1. The second-order valence-electron chi connectivity index (χ2n) is 1.86. The van der Waals surface area contributed by atoms with Crippen molar-refractivity contribution in [3.63, 3.8) is 0 Å². The van der Waals surface area contributed by atoms with E-state index < -0.39 is 0 Å². The minimum absolute atomic E-state index is 0. The van der Waals surface area contributed by atoms with Gasteiger partial charge in [-0.15, -0.1) is 0 Å². The predicted octanol–water partition coefficient (Wildman–Crippen LogP) is 1.53. The summed E-state index contributed by atoms with van der Waals surface area (Å²) in [7, 11) is 0. The van der Waals surface area contributed by atoms with Crippen molar-refractivity contribution in [2.45, 2.75) is 6.92 Å². The Bertz CT molecular complexity index is 218. The fraction of sp³-hybridized carbons (Fsp3) is 0.167. The van der Waals surface area contributed by atoms with E-state index in [0.717, 1.165) is 0 Å². The molecule has 0 saturated carbocycles. The van der Waals surface area contributed by atoms with E-state index in [1.165, 1.54) is 17.0 Å². The molecule has 0 atom stereocenters. The van der Waals surface area contributed by atoms with Gasteiger partial charge < -0.3 is 6.15 Å². The van der Waals surface area contributed by atoms with E-state index in [1.54, 1.807) is 0 Å². The number of pyridine rings is 1. The van der Waals surface area contributed by atoms with E-state index in [0.29, 0.717) is 0 Å². The molecule has 42 valence electrons. The van der Waals surface area contributed by atoms with Crippen LogP contribution in [0.5, 0.6) is 0 Å². The van der Waals surface area contributed by atoms with Crippen molar-refractivity contribution in [2.24, 2.45) is 0 Å². The van der Waals surface area contributed by atoms with Crippen LogP contribution in [0.25, 0.3) is 11.4 Å². The van der Waals surface area contributed by atoms with Gasteiger partial charge in [0.1, 0.15) is 0 Å². The van der Waals surface area contributed by atoms with E-state index in [1.807, 2.05) is 6.07 Å². The van der Waals surface area contributed by atoms with Crippen molar-refractivity contribution < 1.29 is 0 Å². The standard InChI is InChI=1S/C6H5N.H3N/c1-4-2-3-5-6(4)7-5;/h2-3H,1H3;1H3. The fourth-order valence-electron chi connectivity index (χ4n) is 0.782. The van der Waals surface area contributed by atoms with Crippen molar-refractivity contribution >= 4 is 0 Å². The van der Waals surface area contributed by atoms with E-state index in [9.17, 15) is 0 Å². The van der Waals surface area contributed by atoms with Gasteiger partial charge in [-0.3, -0.25) is 0 Å². The van der Waals surface area contributed by atoms with Crippen LogP contribution in [0.4, 0.5) is 0 Å². The molecule has 0 radical (unpaired) electrons. The third-order valence-electron chi connectivity index (χ3n) is 1.29. The average molecular weight is 108 g/mol. The van der Waals surface area contributed by atoms with Crippen molar-refractivity contribution in [2.75, 3.05) is 0 Å². The van der Waals surface area contributed by atoms with Gasteiger partial charge in [0.25, 0.3) is 0 Å². The van der Waals surface area contributed by atoms with E-state index >= 15 is 0 Å². The van der Waals surface area contributed by atoms with Gasteiger partial charge in [0.05, 0.1) is 11.4 Å². The minimum atomic E-state index is 0. The summed E-state index contributed by atoms with van der Waals surface area (Å²) in [6.07, 6.45) is 0. The zero-order valence-corrected chi connectivity index (χ0v) is 4.81. The monoisotopic (exact) mass is 108 g/mol. The zero-order valence-electron chi connectivity index (χ0n) is 4.81. The van der Waals surface area contributed by atoms with Crippen LogP contribution in [0.3, 0.4) is 0 Å². The minimum Gasteiger partial charge on any atom is -0.344 e. The largest absolute Gasteiger partial charge is 0.344 e. The smallest absolute Gasteiger partial charge is 0.0923 e. The second-order valence-corrected chi connectivity index (χ2v) is 1.86. The maximum atomic E-state index is 4.05. The summed E-state index contributed by atoms with van der Waals surface area (Å²) in [4.78, 5) is 4.05. The van der Waals surface area contributed by atoms with Crippen molar-refractivity contribution in [3.8, 4) is 11.4 Å². The Morgan fingerprint density at radius 3 is 2.25 bits per heavy atom. The highest BCUT2D eigenvalue weighted by Crippen LogP contribution is 2.30. The molecule has 2 aliphatic rings. The van der Waals surface area contributed by atoms with Crippen molar-refractivity contribution in [1.82, 2.24) is 11.1 Å². The van der Waals surface area contributed by atoms with Crippen LogP contribution in [-0.4, -0.2) is 4.98 Å². The molecule has 0 saturated heterocycles. The van der Waals surface area contributed by atoms with Crippen LogP contribution in [0.1, 0.15) is 5.56 Å². The molecule has 0 fully saturated rings. The second kappa shape index (κ2) is 1.29. The maximum absolute atomic E-state index is 4.05. The van der Waals surface area contributed by atoms with Gasteiger partial charge in [-0.05, 0) is 18.6 Å². The highest BCUT2D eigenvalue weighted by atomic mass is 14.9. The molecule has 0 amide bonds. The maximum Gasteiger partial charge on any atom is 0.0923 e. The van der Waals surface area contributed by atoms with Crippen LogP contribution < -0.4 is 6.15 Å². The molecule has 2 heteroatoms. The van der Waals surface area contributed by atoms with Crippen molar-refractivity contribution in [3.05, 3.63) is 17.7 Å². The van der Waals surface area contributed by atoms with Crippen LogP contribution in [0, 0.1) is 6.92 Å². The van der Waals surface area contributed by atoms with E-state index in [4.69, 9.17) is 0 Å². The molecule has 2 nitrogen and oxygen atoms in total. The lowest BCUT2D eigenvalue weighted by Gasteiger charge is -1.69. The molecule has 0 spiro atoms. The first-order valence-electron chi connectivity index (χ1n) is 2.36. The molecule has 0 bridgehead atoms. The molecule has 3 N–H and O–H groups in total. The molecular weight excluding hydrogens is 100 g/mol. The van der Waals surface area contributed by atoms with Crippen LogP contribution in [0.15, 0.2) is 12.1 Å². The Labute approximate surface area is 48.1 Å². The summed E-state index contributed by atoms with van der Waals surface area (Å²) >= 11 is 0. The van der Waals surface area contributed by atoms with E-state index in [-0.39, 0.29) is 6.15 Å². The van der Waals surface area contributed by atoms with Gasteiger partial charge in [0.2, 0.25) is 0 Å². The van der Waals surface area contributed by atoms with Gasteiger partial charge in [-0.25, -0.2) is 4.98 Å². The molecule has 0 aromatic rings. The Hall–Kier alpha value is -0.890. The van der Waals surface area contributed by atoms with Crippen LogP contribution >= 0.6 is 0 Å². The summed E-state index contributed by atoms with van der Waals surface area (Å²) in [5, 5.41) is 0. The lowest BCUT2D eigenvalue weighted by molar-refractivity contribution is 1.51. The fourth-order valence-corrected chi connectivity index (χ4v) is 0.782. The van der Waals surface area contributed by atoms with Crippen LogP contribution in [-0.2, 0) is 0 Å². The molecule has 1 aliphatic heterocycles. The summed E-state index contributed by atoms with van der Waals surface area (Å²) in [6.45, 7) is 2.08. The number of fused-ring (bicyclic) bond motifs is 1. The van der Waals surface area contributed by atoms with Gasteiger partial charge >= 0.3 is 0 Å². The number of nitrogens with zero attached hydrogens (tertiary/aromatic N) is 1. The first-order chi connectivity index (χ1) is 3.38. The molecule has 0 unspecified atom stereocenters. The normalized spacial score (nSPS) is 10.1. The first kappa shape index (κ1) is 5.25. The highest BCUT2D eigenvalue weighted by molar-refractivity contribution is 5.72. The van der Waals surface area contributed by atoms with Gasteiger partial charge in [-0.2, -0.15) is 0 Å². The topological polar surface area (TPSA) is 47.9 Å². The Morgan fingerprint density at radius 1 is 1.38 bits per heavy atom. The van der Waals surface area contributed by atoms with Crippen LogP contribution in [0.2, 0.25) is 0 Å². The quantitative estimate of drug-likeness (QED) is 0.556. The number of hydrogen-bond acceptors (Lipinski definition) is 2. The lowest BCUT2D eigenvalue weighted by Crippen LogP contribution is -1.53. The summed E-state index contributed by atoms with van der Waals surface area (Å²) in [5.41, 5.74) is 3.73. The average Bonchev–Trinajstić information content (AvgIpc) is 2.33. The lowest BCUT2D eigenvalue weighted by atomic mass is 10.4. The predicted molar refractivity (Wildman–Crippen MR) is 33.0 cm³/mol. The van der Waals surface area contributed by atoms with Gasteiger partial charge in [0, 0.05) is 0 Å². The molecular formula is C6H8N2. The number of aryl methyl sites for hydroxylation is 1.